The lowest BCUT2D eigenvalue weighted by atomic mass is 10.1. The maximum absolute atomic E-state index is 12.1. The predicted octanol–water partition coefficient (Wildman–Crippen LogP) is 1.06. The van der Waals surface area contributed by atoms with Crippen LogP contribution in [0.3, 0.4) is 0 Å². The fraction of sp³-hybridized carbons (Fsp3) is 0.500. The quantitative estimate of drug-likeness (QED) is 0.869. The Morgan fingerprint density at radius 3 is 2.78 bits per heavy atom. The molecule has 1 aliphatic rings. The zero-order valence-electron chi connectivity index (χ0n) is 11.0. The molecule has 0 saturated carbocycles. The van der Waals surface area contributed by atoms with Crippen LogP contribution >= 0.6 is 0 Å². The van der Waals surface area contributed by atoms with Crippen LogP contribution in [0.15, 0.2) is 24.3 Å². The Morgan fingerprint density at radius 2 is 2.17 bits per heavy atom. The summed E-state index contributed by atoms with van der Waals surface area (Å²) in [7, 11) is 1.64. The molecule has 0 aliphatic carbocycles. The van der Waals surface area contributed by atoms with Gasteiger partial charge in [0.2, 0.25) is 5.91 Å². The molecular weight excluding hydrogens is 228 g/mol. The lowest BCUT2D eigenvalue weighted by molar-refractivity contribution is -0.131. The standard InChI is InChI=1S/C14H20N2O2/c1-11-10-16(8-7-15-11)14(17)9-12-3-5-13(18-2)6-4-12/h3-6,11,15H,7-10H2,1-2H3/t11-/m0/s1. The lowest BCUT2D eigenvalue weighted by Crippen LogP contribution is -2.51. The highest BCUT2D eigenvalue weighted by Crippen LogP contribution is 2.12. The Kier molecular flexibility index (Phi) is 4.20. The molecule has 1 saturated heterocycles. The van der Waals surface area contributed by atoms with Gasteiger partial charge in [0.15, 0.2) is 0 Å². The van der Waals surface area contributed by atoms with Gasteiger partial charge in [-0.2, -0.15) is 0 Å². The van der Waals surface area contributed by atoms with Crippen molar-refractivity contribution in [1.82, 2.24) is 10.2 Å². The third kappa shape index (κ3) is 3.23. The fourth-order valence-electron chi connectivity index (χ4n) is 2.19. The van der Waals surface area contributed by atoms with Crippen LogP contribution in [0.1, 0.15) is 12.5 Å². The molecule has 4 nitrogen and oxygen atoms in total. The molecule has 1 atom stereocenters. The van der Waals surface area contributed by atoms with Crippen molar-refractivity contribution in [1.29, 1.82) is 0 Å². The lowest BCUT2D eigenvalue weighted by Gasteiger charge is -2.32. The number of carbonyl (C=O) groups excluding carboxylic acids is 1. The van der Waals surface area contributed by atoms with Gasteiger partial charge in [0, 0.05) is 25.7 Å². The highest BCUT2D eigenvalue weighted by Gasteiger charge is 2.20. The van der Waals surface area contributed by atoms with Crippen molar-refractivity contribution in [2.45, 2.75) is 19.4 Å². The summed E-state index contributed by atoms with van der Waals surface area (Å²) in [5.74, 6) is 1.02. The molecule has 1 heterocycles. The van der Waals surface area contributed by atoms with E-state index in [1.54, 1.807) is 7.11 Å². The molecular formula is C14H20N2O2. The number of ether oxygens (including phenoxy) is 1. The van der Waals surface area contributed by atoms with E-state index >= 15 is 0 Å². The van der Waals surface area contributed by atoms with Gasteiger partial charge in [0.05, 0.1) is 13.5 Å². The van der Waals surface area contributed by atoms with Gasteiger partial charge in [-0.05, 0) is 24.6 Å². The smallest absolute Gasteiger partial charge is 0.227 e. The summed E-state index contributed by atoms with van der Waals surface area (Å²) in [6, 6.07) is 8.06. The summed E-state index contributed by atoms with van der Waals surface area (Å²) in [5, 5.41) is 3.34. The summed E-state index contributed by atoms with van der Waals surface area (Å²) in [6.45, 7) is 4.59. The second kappa shape index (κ2) is 5.87. The first kappa shape index (κ1) is 12.9. The van der Waals surface area contributed by atoms with Crippen molar-refractivity contribution < 1.29 is 9.53 Å². The molecule has 0 unspecified atom stereocenters. The largest absolute Gasteiger partial charge is 0.497 e. The minimum Gasteiger partial charge on any atom is -0.497 e. The summed E-state index contributed by atoms with van der Waals surface area (Å²) in [5.41, 5.74) is 1.03. The van der Waals surface area contributed by atoms with E-state index < -0.39 is 0 Å². The molecule has 18 heavy (non-hydrogen) atoms. The first-order valence-corrected chi connectivity index (χ1v) is 6.33. The first-order valence-electron chi connectivity index (χ1n) is 6.33. The molecule has 0 radical (unpaired) electrons. The number of rotatable bonds is 3. The maximum Gasteiger partial charge on any atom is 0.227 e. The number of piperazine rings is 1. The van der Waals surface area contributed by atoms with E-state index in [0.29, 0.717) is 12.5 Å². The van der Waals surface area contributed by atoms with Gasteiger partial charge in [0.1, 0.15) is 5.75 Å². The highest BCUT2D eigenvalue weighted by atomic mass is 16.5. The first-order chi connectivity index (χ1) is 8.69. The minimum absolute atomic E-state index is 0.202. The third-order valence-electron chi connectivity index (χ3n) is 3.24. The second-order valence-electron chi connectivity index (χ2n) is 4.72. The van der Waals surface area contributed by atoms with E-state index in [9.17, 15) is 4.79 Å². The molecule has 0 aromatic heterocycles. The topological polar surface area (TPSA) is 41.6 Å². The number of nitrogens with zero attached hydrogens (tertiary/aromatic N) is 1. The van der Waals surface area contributed by atoms with Crippen LogP contribution in [0.2, 0.25) is 0 Å². The van der Waals surface area contributed by atoms with Crippen LogP contribution in [0, 0.1) is 0 Å². The van der Waals surface area contributed by atoms with E-state index in [0.717, 1.165) is 30.9 Å². The molecule has 1 fully saturated rings. The van der Waals surface area contributed by atoms with Crippen molar-refractivity contribution in [2.24, 2.45) is 0 Å². The monoisotopic (exact) mass is 248 g/mol. The van der Waals surface area contributed by atoms with E-state index in [1.807, 2.05) is 29.2 Å². The number of hydrogen-bond acceptors (Lipinski definition) is 3. The maximum atomic E-state index is 12.1. The van der Waals surface area contributed by atoms with Crippen LogP contribution in [0.5, 0.6) is 5.75 Å². The molecule has 0 bridgehead atoms. The van der Waals surface area contributed by atoms with Gasteiger partial charge in [-0.15, -0.1) is 0 Å². The molecule has 0 spiro atoms. The molecule has 1 N–H and O–H groups in total. The molecule has 1 amide bonds. The number of amides is 1. The highest BCUT2D eigenvalue weighted by molar-refractivity contribution is 5.79. The number of methoxy groups -OCH3 is 1. The zero-order valence-corrected chi connectivity index (χ0v) is 11.0. The third-order valence-corrected chi connectivity index (χ3v) is 3.24. The molecule has 98 valence electrons. The molecule has 1 aliphatic heterocycles. The summed E-state index contributed by atoms with van der Waals surface area (Å²) >= 11 is 0. The van der Waals surface area contributed by atoms with Crippen LogP contribution < -0.4 is 10.1 Å². The number of benzene rings is 1. The van der Waals surface area contributed by atoms with E-state index in [2.05, 4.69) is 12.2 Å². The van der Waals surface area contributed by atoms with Crippen LogP contribution in [0.25, 0.3) is 0 Å². The van der Waals surface area contributed by atoms with Crippen LogP contribution in [0.4, 0.5) is 0 Å². The van der Waals surface area contributed by atoms with Crippen molar-refractivity contribution in [3.8, 4) is 5.75 Å². The second-order valence-corrected chi connectivity index (χ2v) is 4.72. The Morgan fingerprint density at radius 1 is 1.44 bits per heavy atom. The fourth-order valence-corrected chi connectivity index (χ4v) is 2.19. The zero-order chi connectivity index (χ0) is 13.0. The van der Waals surface area contributed by atoms with E-state index in [1.165, 1.54) is 0 Å². The van der Waals surface area contributed by atoms with Crippen molar-refractivity contribution in [2.75, 3.05) is 26.7 Å². The van der Waals surface area contributed by atoms with Gasteiger partial charge in [-0.3, -0.25) is 4.79 Å². The average molecular weight is 248 g/mol. The minimum atomic E-state index is 0.202. The van der Waals surface area contributed by atoms with Gasteiger partial charge in [-0.1, -0.05) is 12.1 Å². The van der Waals surface area contributed by atoms with Crippen LogP contribution in [-0.4, -0.2) is 43.6 Å². The Balaban J connectivity index is 1.93. The van der Waals surface area contributed by atoms with E-state index in [-0.39, 0.29) is 5.91 Å². The van der Waals surface area contributed by atoms with Crippen molar-refractivity contribution >= 4 is 5.91 Å². The number of hydrogen-bond donors (Lipinski definition) is 1. The molecule has 1 aromatic rings. The number of carbonyl (C=O) groups is 1. The van der Waals surface area contributed by atoms with Crippen molar-refractivity contribution in [3.63, 3.8) is 0 Å². The van der Waals surface area contributed by atoms with Gasteiger partial charge in [-0.25, -0.2) is 0 Å². The molecule has 2 rings (SSSR count). The number of nitrogens with one attached hydrogen (secondary N) is 1. The Hall–Kier alpha value is -1.55. The Labute approximate surface area is 108 Å². The normalized spacial score (nSPS) is 19.7. The Bertz CT molecular complexity index is 403. The summed E-state index contributed by atoms with van der Waals surface area (Å²) in [6.07, 6.45) is 0.469. The molecule has 4 heteroatoms. The van der Waals surface area contributed by atoms with Gasteiger partial charge in [0.25, 0.3) is 0 Å². The summed E-state index contributed by atoms with van der Waals surface area (Å²) < 4.78 is 5.10. The van der Waals surface area contributed by atoms with Crippen molar-refractivity contribution in [3.05, 3.63) is 29.8 Å². The predicted molar refractivity (Wildman–Crippen MR) is 70.7 cm³/mol. The van der Waals surface area contributed by atoms with E-state index in [4.69, 9.17) is 4.74 Å². The SMILES string of the molecule is COc1ccc(CC(=O)N2CCN[C@@H](C)C2)cc1. The summed E-state index contributed by atoms with van der Waals surface area (Å²) in [4.78, 5) is 14.1. The van der Waals surface area contributed by atoms with Crippen LogP contribution in [-0.2, 0) is 11.2 Å². The molecule has 1 aromatic carbocycles. The van der Waals surface area contributed by atoms with Gasteiger partial charge >= 0.3 is 0 Å². The average Bonchev–Trinajstić information content (AvgIpc) is 2.39. The van der Waals surface area contributed by atoms with Gasteiger partial charge < -0.3 is 15.0 Å².